The predicted molar refractivity (Wildman–Crippen MR) is 141 cm³/mol. The van der Waals surface area contributed by atoms with Crippen LogP contribution >= 0.6 is 0 Å². The zero-order valence-corrected chi connectivity index (χ0v) is 21.0. The highest BCUT2D eigenvalue weighted by Gasteiger charge is 2.30. The van der Waals surface area contributed by atoms with Gasteiger partial charge in [-0.25, -0.2) is 0 Å². The molecule has 0 spiro atoms. The second kappa shape index (κ2) is 12.6. The van der Waals surface area contributed by atoms with Gasteiger partial charge < -0.3 is 4.74 Å². The van der Waals surface area contributed by atoms with Crippen LogP contribution in [0.25, 0.3) is 11.1 Å². The summed E-state index contributed by atoms with van der Waals surface area (Å²) in [6, 6.07) is 18.3. The van der Waals surface area contributed by atoms with Crippen molar-refractivity contribution in [1.29, 1.82) is 0 Å². The van der Waals surface area contributed by atoms with Crippen molar-refractivity contribution in [2.75, 3.05) is 6.61 Å². The normalized spacial score (nSPS) is 26.0. The van der Waals surface area contributed by atoms with Crippen LogP contribution in [-0.2, 0) is 11.3 Å². The van der Waals surface area contributed by atoms with E-state index in [1.54, 1.807) is 5.56 Å². The van der Waals surface area contributed by atoms with E-state index in [4.69, 9.17) is 4.74 Å². The zero-order chi connectivity index (χ0) is 22.9. The third-order valence-electron chi connectivity index (χ3n) is 8.19. The molecule has 1 nitrogen and oxygen atoms in total. The molecule has 0 atom stereocenters. The van der Waals surface area contributed by atoms with Crippen LogP contribution in [0.15, 0.2) is 60.7 Å². The van der Waals surface area contributed by atoms with E-state index in [9.17, 15) is 0 Å². The molecule has 0 aliphatic heterocycles. The lowest BCUT2D eigenvalue weighted by Gasteiger charge is -2.37. The second-order valence-electron chi connectivity index (χ2n) is 10.5. The van der Waals surface area contributed by atoms with Gasteiger partial charge in [-0.05, 0) is 110 Å². The molecule has 2 aromatic carbocycles. The van der Waals surface area contributed by atoms with Crippen LogP contribution < -0.4 is 0 Å². The van der Waals surface area contributed by atoms with E-state index >= 15 is 0 Å². The summed E-state index contributed by atoms with van der Waals surface area (Å²) in [6.07, 6.45) is 18.5. The van der Waals surface area contributed by atoms with Gasteiger partial charge in [0.2, 0.25) is 0 Å². The molecule has 33 heavy (non-hydrogen) atoms. The molecule has 0 bridgehead atoms. The molecule has 2 fully saturated rings. The third kappa shape index (κ3) is 6.82. The first-order valence-corrected chi connectivity index (χ1v) is 13.7. The van der Waals surface area contributed by atoms with Crippen molar-refractivity contribution in [2.24, 2.45) is 17.8 Å². The van der Waals surface area contributed by atoms with Crippen molar-refractivity contribution in [1.82, 2.24) is 0 Å². The van der Waals surface area contributed by atoms with Gasteiger partial charge >= 0.3 is 0 Å². The molecule has 0 amide bonds. The molecule has 0 heterocycles. The fraction of sp³-hybridized carbons (Fsp3) is 0.562. The lowest BCUT2D eigenvalue weighted by molar-refractivity contribution is 0.121. The van der Waals surface area contributed by atoms with Gasteiger partial charge in [-0.2, -0.15) is 0 Å². The van der Waals surface area contributed by atoms with Gasteiger partial charge in [0.1, 0.15) is 0 Å². The minimum atomic E-state index is 0.715. The molecule has 2 aliphatic rings. The number of hydrogen-bond donors (Lipinski definition) is 0. The Kier molecular flexibility index (Phi) is 9.24. The van der Waals surface area contributed by atoms with Gasteiger partial charge in [0, 0.05) is 6.61 Å². The highest BCUT2D eigenvalue weighted by atomic mass is 16.5. The van der Waals surface area contributed by atoms with Crippen LogP contribution in [0.2, 0.25) is 0 Å². The van der Waals surface area contributed by atoms with Crippen molar-refractivity contribution in [3.63, 3.8) is 0 Å². The van der Waals surface area contributed by atoms with Crippen LogP contribution in [-0.4, -0.2) is 6.61 Å². The van der Waals surface area contributed by atoms with Crippen molar-refractivity contribution in [3.05, 3.63) is 71.8 Å². The van der Waals surface area contributed by atoms with Gasteiger partial charge in [-0.1, -0.05) is 74.5 Å². The van der Waals surface area contributed by atoms with Crippen LogP contribution in [0.4, 0.5) is 0 Å². The fourth-order valence-corrected chi connectivity index (χ4v) is 6.14. The molecule has 0 aromatic heterocycles. The maximum Gasteiger partial charge on any atom is 0.0716 e. The Morgan fingerprint density at radius 2 is 1.30 bits per heavy atom. The maximum absolute atomic E-state index is 5.66. The number of ether oxygens (including phenoxy) is 1. The molecule has 0 unspecified atom stereocenters. The van der Waals surface area contributed by atoms with Crippen LogP contribution in [0.1, 0.15) is 95.1 Å². The van der Waals surface area contributed by atoms with Crippen LogP contribution in [0.5, 0.6) is 0 Å². The summed E-state index contributed by atoms with van der Waals surface area (Å²) in [6.45, 7) is 5.95. The molecular formula is C32H44O. The van der Waals surface area contributed by atoms with Crippen molar-refractivity contribution >= 4 is 0 Å². The first-order chi connectivity index (χ1) is 16.3. The van der Waals surface area contributed by atoms with Crippen LogP contribution in [0.3, 0.4) is 0 Å². The highest BCUT2D eigenvalue weighted by molar-refractivity contribution is 5.64. The molecule has 0 radical (unpaired) electrons. The number of benzene rings is 2. The molecule has 0 saturated heterocycles. The molecule has 4 rings (SSSR count). The van der Waals surface area contributed by atoms with Crippen molar-refractivity contribution in [2.45, 2.75) is 90.6 Å². The molecule has 2 aliphatic carbocycles. The standard InChI is InChI=1S/C32H44O/c1-3-5-6-25-7-11-27(12-8-25)29-15-19-31(20-16-29)32-21-17-30(18-22-32)28-13-9-26(10-14-28)24-33-23-4-2/h5-6,9-10,13-14,17-18,21-22,25,27,29,31H,3-4,7-8,11-12,15-16,19-20,23-24H2,1-2H3. The maximum atomic E-state index is 5.66. The van der Waals surface area contributed by atoms with Gasteiger partial charge in [0.05, 0.1) is 6.61 Å². The molecule has 1 heteroatoms. The highest BCUT2D eigenvalue weighted by Crippen LogP contribution is 2.44. The van der Waals surface area contributed by atoms with E-state index in [2.05, 4.69) is 74.5 Å². The largest absolute Gasteiger partial charge is 0.377 e. The van der Waals surface area contributed by atoms with E-state index in [-0.39, 0.29) is 0 Å². The van der Waals surface area contributed by atoms with E-state index < -0.39 is 0 Å². The molecule has 0 N–H and O–H groups in total. The second-order valence-corrected chi connectivity index (χ2v) is 10.5. The minimum Gasteiger partial charge on any atom is -0.377 e. The molecule has 2 saturated carbocycles. The number of allylic oxidation sites excluding steroid dienone is 2. The summed E-state index contributed by atoms with van der Waals surface area (Å²) in [5.41, 5.74) is 5.43. The third-order valence-corrected chi connectivity index (χ3v) is 8.19. The Morgan fingerprint density at radius 3 is 1.88 bits per heavy atom. The van der Waals surface area contributed by atoms with Gasteiger partial charge in [-0.15, -0.1) is 0 Å². The quantitative estimate of drug-likeness (QED) is 0.276. The lowest BCUT2D eigenvalue weighted by atomic mass is 9.68. The van der Waals surface area contributed by atoms with Crippen LogP contribution in [0, 0.1) is 17.8 Å². The smallest absolute Gasteiger partial charge is 0.0716 e. The molecular weight excluding hydrogens is 400 g/mol. The van der Waals surface area contributed by atoms with Gasteiger partial charge in [-0.3, -0.25) is 0 Å². The summed E-state index contributed by atoms with van der Waals surface area (Å²) < 4.78 is 5.66. The zero-order valence-electron chi connectivity index (χ0n) is 21.0. The Labute approximate surface area is 202 Å². The van der Waals surface area contributed by atoms with E-state index in [0.717, 1.165) is 36.7 Å². The summed E-state index contributed by atoms with van der Waals surface area (Å²) in [7, 11) is 0. The molecule has 2 aromatic rings. The van der Waals surface area contributed by atoms with Gasteiger partial charge in [0.15, 0.2) is 0 Å². The average molecular weight is 445 g/mol. The Bertz CT molecular complexity index is 831. The van der Waals surface area contributed by atoms with Gasteiger partial charge in [0.25, 0.3) is 0 Å². The average Bonchev–Trinajstić information content (AvgIpc) is 2.89. The summed E-state index contributed by atoms with van der Waals surface area (Å²) in [5, 5.41) is 0. The van der Waals surface area contributed by atoms with E-state index in [0.29, 0.717) is 6.61 Å². The minimum absolute atomic E-state index is 0.715. The van der Waals surface area contributed by atoms with Crippen molar-refractivity contribution in [3.8, 4) is 11.1 Å². The van der Waals surface area contributed by atoms with Crippen molar-refractivity contribution < 1.29 is 4.74 Å². The Balaban J connectivity index is 1.25. The summed E-state index contributed by atoms with van der Waals surface area (Å²) in [5.74, 6) is 3.60. The predicted octanol–water partition coefficient (Wildman–Crippen LogP) is 9.33. The Morgan fingerprint density at radius 1 is 0.727 bits per heavy atom. The lowest BCUT2D eigenvalue weighted by Crippen LogP contribution is -2.25. The summed E-state index contributed by atoms with van der Waals surface area (Å²) >= 11 is 0. The topological polar surface area (TPSA) is 9.23 Å². The van der Waals surface area contributed by atoms with E-state index in [1.807, 2.05) is 0 Å². The first-order valence-electron chi connectivity index (χ1n) is 13.7. The first kappa shape index (κ1) is 24.3. The summed E-state index contributed by atoms with van der Waals surface area (Å²) in [4.78, 5) is 0. The fourth-order valence-electron chi connectivity index (χ4n) is 6.14. The molecule has 178 valence electrons. The number of rotatable bonds is 9. The monoisotopic (exact) mass is 444 g/mol. The SMILES string of the molecule is CCC=CC1CCC(C2CCC(c3ccc(-c4ccc(COCCC)cc4)cc3)CC2)CC1. The Hall–Kier alpha value is -1.86. The van der Waals surface area contributed by atoms with E-state index in [1.165, 1.54) is 74.5 Å². The number of hydrogen-bond acceptors (Lipinski definition) is 1.